The van der Waals surface area contributed by atoms with Crippen molar-refractivity contribution in [1.29, 1.82) is 5.26 Å². The van der Waals surface area contributed by atoms with Crippen molar-refractivity contribution in [2.45, 2.75) is 6.54 Å². The Balaban J connectivity index is 2.32. The minimum absolute atomic E-state index is 0.0123. The van der Waals surface area contributed by atoms with Crippen LogP contribution in [0.3, 0.4) is 0 Å². The lowest BCUT2D eigenvalue weighted by molar-refractivity contribution is 0.301. The Morgan fingerprint density at radius 2 is 2.00 bits per heavy atom. The minimum Gasteiger partial charge on any atom is -0.395 e. The molecule has 2 aromatic rings. The molecule has 4 nitrogen and oxygen atoms in total. The van der Waals surface area contributed by atoms with Crippen LogP contribution in [-0.4, -0.2) is 23.2 Å². The number of pyridine rings is 1. The molecule has 0 bridgehead atoms. The van der Waals surface area contributed by atoms with E-state index in [4.69, 9.17) is 16.9 Å². The molecule has 0 aliphatic rings. The van der Waals surface area contributed by atoms with Crippen molar-refractivity contribution >= 4 is 17.4 Å². The highest BCUT2D eigenvalue weighted by molar-refractivity contribution is 6.34. The Kier molecular flexibility index (Phi) is 4.94. The smallest absolute Gasteiger partial charge is 0.149 e. The van der Waals surface area contributed by atoms with Gasteiger partial charge in [0.25, 0.3) is 0 Å². The topological polar surface area (TPSA) is 60.2 Å². The second kappa shape index (κ2) is 6.90. The third-order valence-electron chi connectivity index (χ3n) is 2.88. The van der Waals surface area contributed by atoms with Gasteiger partial charge in [-0.25, -0.2) is 4.98 Å². The van der Waals surface area contributed by atoms with Gasteiger partial charge in [-0.05, 0) is 11.6 Å². The number of benzene rings is 1. The van der Waals surface area contributed by atoms with Gasteiger partial charge in [0, 0.05) is 19.3 Å². The summed E-state index contributed by atoms with van der Waals surface area (Å²) in [6.07, 6.45) is 1.55. The van der Waals surface area contributed by atoms with Crippen LogP contribution in [0.2, 0.25) is 5.02 Å². The lowest BCUT2D eigenvalue weighted by Crippen LogP contribution is -2.27. The van der Waals surface area contributed by atoms with Crippen molar-refractivity contribution in [1.82, 2.24) is 4.98 Å². The van der Waals surface area contributed by atoms with Crippen LogP contribution < -0.4 is 4.90 Å². The molecule has 1 aromatic carbocycles. The third-order valence-corrected chi connectivity index (χ3v) is 3.25. The maximum absolute atomic E-state index is 9.22. The zero-order chi connectivity index (χ0) is 14.4. The molecule has 0 saturated carbocycles. The van der Waals surface area contributed by atoms with E-state index < -0.39 is 0 Å². The standard InChI is InChI=1S/C15H14ClN3O/c16-14-13(10-17)6-7-18-15(14)19(8-9-20)11-12-4-2-1-3-5-12/h1-7,20H,8-9,11H2. The fourth-order valence-electron chi connectivity index (χ4n) is 1.92. The van der Waals surface area contributed by atoms with Crippen molar-refractivity contribution in [2.75, 3.05) is 18.1 Å². The fraction of sp³-hybridized carbons (Fsp3) is 0.200. The second-order valence-corrected chi connectivity index (χ2v) is 4.62. The molecule has 5 heteroatoms. The van der Waals surface area contributed by atoms with E-state index in [9.17, 15) is 5.11 Å². The molecule has 1 heterocycles. The average Bonchev–Trinajstić information content (AvgIpc) is 2.48. The first-order chi connectivity index (χ1) is 9.76. The first kappa shape index (κ1) is 14.3. The van der Waals surface area contributed by atoms with Crippen LogP contribution in [0.25, 0.3) is 0 Å². The summed E-state index contributed by atoms with van der Waals surface area (Å²) in [7, 11) is 0. The Bertz CT molecular complexity index is 610. The summed E-state index contributed by atoms with van der Waals surface area (Å²) in [6, 6.07) is 13.4. The average molecular weight is 288 g/mol. The number of nitrogens with zero attached hydrogens (tertiary/aromatic N) is 3. The van der Waals surface area contributed by atoms with Gasteiger partial charge in [0.2, 0.25) is 0 Å². The maximum atomic E-state index is 9.22. The molecule has 0 atom stereocenters. The van der Waals surface area contributed by atoms with E-state index >= 15 is 0 Å². The molecule has 2 rings (SSSR count). The van der Waals surface area contributed by atoms with Gasteiger partial charge in [-0.2, -0.15) is 5.26 Å². The predicted molar refractivity (Wildman–Crippen MR) is 78.5 cm³/mol. The number of halogens is 1. The van der Waals surface area contributed by atoms with Gasteiger partial charge in [0.15, 0.2) is 0 Å². The van der Waals surface area contributed by atoms with Crippen molar-refractivity contribution in [3.63, 3.8) is 0 Å². The molecule has 0 aliphatic carbocycles. The summed E-state index contributed by atoms with van der Waals surface area (Å²) < 4.78 is 0. The molecule has 0 fully saturated rings. The van der Waals surface area contributed by atoms with Crippen molar-refractivity contribution in [2.24, 2.45) is 0 Å². The minimum atomic E-state index is -0.0123. The number of aliphatic hydroxyl groups excluding tert-OH is 1. The van der Waals surface area contributed by atoms with Gasteiger partial charge >= 0.3 is 0 Å². The van der Waals surface area contributed by atoms with Crippen LogP contribution in [0.15, 0.2) is 42.6 Å². The Morgan fingerprint density at radius 1 is 1.25 bits per heavy atom. The van der Waals surface area contributed by atoms with Gasteiger partial charge < -0.3 is 10.0 Å². The number of nitriles is 1. The van der Waals surface area contributed by atoms with E-state index in [1.165, 1.54) is 0 Å². The monoisotopic (exact) mass is 287 g/mol. The molecular formula is C15H14ClN3O. The lowest BCUT2D eigenvalue weighted by Gasteiger charge is -2.24. The van der Waals surface area contributed by atoms with Crippen LogP contribution in [0.4, 0.5) is 5.82 Å². The van der Waals surface area contributed by atoms with E-state index in [0.29, 0.717) is 29.5 Å². The van der Waals surface area contributed by atoms with Crippen molar-refractivity contribution < 1.29 is 5.11 Å². The highest BCUT2D eigenvalue weighted by Crippen LogP contribution is 2.27. The molecule has 0 saturated heterocycles. The molecule has 1 N–H and O–H groups in total. The summed E-state index contributed by atoms with van der Waals surface area (Å²) in [5.74, 6) is 0.517. The maximum Gasteiger partial charge on any atom is 0.149 e. The third kappa shape index (κ3) is 3.27. The van der Waals surface area contributed by atoms with Crippen LogP contribution >= 0.6 is 11.6 Å². The highest BCUT2D eigenvalue weighted by atomic mass is 35.5. The van der Waals surface area contributed by atoms with E-state index in [1.54, 1.807) is 12.3 Å². The van der Waals surface area contributed by atoms with Crippen molar-refractivity contribution in [3.8, 4) is 6.07 Å². The molecule has 1 aromatic heterocycles. The second-order valence-electron chi connectivity index (χ2n) is 4.24. The molecule has 102 valence electrons. The Hall–Kier alpha value is -2.09. The quantitative estimate of drug-likeness (QED) is 0.918. The molecule has 0 spiro atoms. The zero-order valence-electron chi connectivity index (χ0n) is 10.8. The van der Waals surface area contributed by atoms with Gasteiger partial charge in [-0.3, -0.25) is 0 Å². The van der Waals surface area contributed by atoms with Crippen molar-refractivity contribution in [3.05, 3.63) is 58.7 Å². The zero-order valence-corrected chi connectivity index (χ0v) is 11.6. The summed E-state index contributed by atoms with van der Waals surface area (Å²) in [5, 5.41) is 18.5. The van der Waals surface area contributed by atoms with Gasteiger partial charge in [0.1, 0.15) is 16.9 Å². The van der Waals surface area contributed by atoms with Gasteiger partial charge in [-0.1, -0.05) is 41.9 Å². The summed E-state index contributed by atoms with van der Waals surface area (Å²) >= 11 is 6.20. The number of hydrogen-bond donors (Lipinski definition) is 1. The van der Waals surface area contributed by atoms with Crippen LogP contribution in [0.5, 0.6) is 0 Å². The van der Waals surface area contributed by atoms with E-state index in [2.05, 4.69) is 4.98 Å². The molecule has 20 heavy (non-hydrogen) atoms. The number of hydrogen-bond acceptors (Lipinski definition) is 4. The molecular weight excluding hydrogens is 274 g/mol. The SMILES string of the molecule is N#Cc1ccnc(N(CCO)Cc2ccccc2)c1Cl. The number of anilines is 1. The van der Waals surface area contributed by atoms with Gasteiger partial charge in [-0.15, -0.1) is 0 Å². The number of rotatable bonds is 5. The van der Waals surface area contributed by atoms with E-state index in [0.717, 1.165) is 5.56 Å². The normalized spacial score (nSPS) is 10.1. The largest absolute Gasteiger partial charge is 0.395 e. The van der Waals surface area contributed by atoms with Crippen LogP contribution in [-0.2, 0) is 6.54 Å². The van der Waals surface area contributed by atoms with E-state index in [-0.39, 0.29) is 6.61 Å². The molecule has 0 radical (unpaired) electrons. The molecule has 0 amide bonds. The highest BCUT2D eigenvalue weighted by Gasteiger charge is 2.14. The van der Waals surface area contributed by atoms with Crippen LogP contribution in [0, 0.1) is 11.3 Å². The van der Waals surface area contributed by atoms with E-state index in [1.807, 2.05) is 41.3 Å². The molecule has 0 unspecified atom stereocenters. The first-order valence-corrected chi connectivity index (χ1v) is 6.58. The number of aliphatic hydroxyl groups is 1. The van der Waals surface area contributed by atoms with Gasteiger partial charge in [0.05, 0.1) is 12.2 Å². The predicted octanol–water partition coefficient (Wildman–Crippen LogP) is 2.61. The first-order valence-electron chi connectivity index (χ1n) is 6.20. The summed E-state index contributed by atoms with van der Waals surface area (Å²) in [5.41, 5.74) is 1.47. The fourth-order valence-corrected chi connectivity index (χ4v) is 2.20. The summed E-state index contributed by atoms with van der Waals surface area (Å²) in [6.45, 7) is 0.959. The molecule has 0 aliphatic heterocycles. The Morgan fingerprint density at radius 3 is 2.65 bits per heavy atom. The lowest BCUT2D eigenvalue weighted by atomic mass is 10.2. The summed E-state index contributed by atoms with van der Waals surface area (Å²) in [4.78, 5) is 6.09. The van der Waals surface area contributed by atoms with Crippen LogP contribution in [0.1, 0.15) is 11.1 Å². The Labute approximate surface area is 122 Å². The number of aromatic nitrogens is 1.